The highest BCUT2D eigenvalue weighted by Crippen LogP contribution is 2.23. The maximum absolute atomic E-state index is 12.8. The maximum Gasteiger partial charge on any atom is 0.295 e. The second-order valence-corrected chi connectivity index (χ2v) is 7.95. The monoisotopic (exact) mass is 425 g/mol. The second-order valence-electron chi connectivity index (χ2n) is 7.95. The molecule has 7 nitrogen and oxygen atoms in total. The van der Waals surface area contributed by atoms with Crippen LogP contribution in [0.3, 0.4) is 0 Å². The Labute approximate surface area is 185 Å². The van der Waals surface area contributed by atoms with Gasteiger partial charge in [0, 0.05) is 48.8 Å². The Hall–Kier alpha value is -4.00. The molecular weight excluding hydrogens is 402 g/mol. The molecule has 160 valence electrons. The van der Waals surface area contributed by atoms with Crippen LogP contribution >= 0.6 is 0 Å². The quantitative estimate of drug-likeness (QED) is 0.400. The van der Waals surface area contributed by atoms with E-state index in [9.17, 15) is 9.59 Å². The highest BCUT2D eigenvalue weighted by Gasteiger charge is 2.28. The van der Waals surface area contributed by atoms with E-state index in [1.54, 1.807) is 11.1 Å². The minimum atomic E-state index is -0.474. The van der Waals surface area contributed by atoms with Crippen molar-refractivity contribution in [1.29, 1.82) is 0 Å². The smallest absolute Gasteiger partial charge is 0.295 e. The van der Waals surface area contributed by atoms with Gasteiger partial charge >= 0.3 is 0 Å². The average molecular weight is 425 g/mol. The van der Waals surface area contributed by atoms with Crippen molar-refractivity contribution >= 4 is 28.4 Å². The molecule has 2 aromatic carbocycles. The van der Waals surface area contributed by atoms with Crippen LogP contribution in [0.2, 0.25) is 0 Å². The molecule has 0 aliphatic carbocycles. The third-order valence-corrected chi connectivity index (χ3v) is 5.99. The van der Waals surface area contributed by atoms with Crippen LogP contribution in [0.1, 0.15) is 15.9 Å². The zero-order valence-corrected chi connectivity index (χ0v) is 17.8. The molecule has 0 radical (unpaired) electrons. The fraction of sp³-hybridized carbons (Fsp3) is 0.200. The summed E-state index contributed by atoms with van der Waals surface area (Å²) in [5.41, 5.74) is 4.33. The van der Waals surface area contributed by atoms with Gasteiger partial charge in [0.25, 0.3) is 11.7 Å². The lowest BCUT2D eigenvalue weighted by molar-refractivity contribution is -0.126. The van der Waals surface area contributed by atoms with Gasteiger partial charge in [0.15, 0.2) is 5.82 Å². The number of carbonyl (C=O) groups is 2. The number of rotatable bonds is 4. The third kappa shape index (κ3) is 3.62. The number of para-hydroxylation sites is 1. The molecule has 2 aromatic heterocycles. The van der Waals surface area contributed by atoms with Crippen LogP contribution in [-0.2, 0) is 4.79 Å². The number of nitrogens with zero attached hydrogens (tertiary/aromatic N) is 4. The first-order valence-corrected chi connectivity index (χ1v) is 10.7. The number of aryl methyl sites for hydroxylation is 1. The van der Waals surface area contributed by atoms with E-state index in [-0.39, 0.29) is 0 Å². The number of aromatic amines is 1. The largest absolute Gasteiger partial charge is 0.360 e. The predicted octanol–water partition coefficient (Wildman–Crippen LogP) is 3.46. The van der Waals surface area contributed by atoms with Crippen LogP contribution in [-0.4, -0.2) is 58.0 Å². The van der Waals surface area contributed by atoms with E-state index in [0.29, 0.717) is 31.7 Å². The van der Waals surface area contributed by atoms with Gasteiger partial charge in [0.1, 0.15) is 0 Å². The number of carbonyl (C=O) groups excluding carboxylic acids is 2. The molecule has 0 saturated carbocycles. The molecule has 1 aliphatic heterocycles. The van der Waals surface area contributed by atoms with Crippen LogP contribution < -0.4 is 4.90 Å². The molecule has 1 aliphatic rings. The zero-order chi connectivity index (χ0) is 22.1. The lowest BCUT2D eigenvalue weighted by Crippen LogP contribution is -2.50. The molecule has 0 unspecified atom stereocenters. The Balaban J connectivity index is 1.24. The number of H-pyrrole nitrogens is 1. The van der Waals surface area contributed by atoms with Crippen molar-refractivity contribution in [3.05, 3.63) is 78.0 Å². The van der Waals surface area contributed by atoms with Crippen molar-refractivity contribution in [3.8, 4) is 11.3 Å². The number of nitrogens with one attached hydrogen (secondary N) is 1. The van der Waals surface area contributed by atoms with E-state index in [2.05, 4.69) is 33.1 Å². The molecule has 1 N–H and O–H groups in total. The Morgan fingerprint density at radius 3 is 2.38 bits per heavy atom. The molecule has 7 heteroatoms. The van der Waals surface area contributed by atoms with Crippen LogP contribution in [0, 0.1) is 6.92 Å². The molecule has 3 heterocycles. The highest BCUT2D eigenvalue weighted by atomic mass is 16.2. The van der Waals surface area contributed by atoms with E-state index in [0.717, 1.165) is 33.5 Å². The standard InChI is InChI=1S/C25H23N5O2/c1-17-6-2-3-7-18(17)22-10-11-23(28-27-22)29-12-14-30(15-13-29)25(32)24(31)20-16-26-21-9-5-4-8-19(20)21/h2-11,16,26H,12-15H2,1H3. The topological polar surface area (TPSA) is 82.2 Å². The lowest BCUT2D eigenvalue weighted by Gasteiger charge is -2.34. The van der Waals surface area contributed by atoms with Crippen molar-refractivity contribution in [2.75, 3.05) is 31.1 Å². The molecule has 1 amide bonds. The van der Waals surface area contributed by atoms with Gasteiger partial charge in [-0.1, -0.05) is 42.5 Å². The Bertz CT molecular complexity index is 1290. The summed E-state index contributed by atoms with van der Waals surface area (Å²) < 4.78 is 0. The van der Waals surface area contributed by atoms with Gasteiger partial charge in [-0.3, -0.25) is 9.59 Å². The molecule has 0 atom stereocenters. The summed E-state index contributed by atoms with van der Waals surface area (Å²) >= 11 is 0. The molecule has 0 spiro atoms. The first-order valence-electron chi connectivity index (χ1n) is 10.7. The minimum Gasteiger partial charge on any atom is -0.360 e. The maximum atomic E-state index is 12.8. The number of aromatic nitrogens is 3. The number of anilines is 1. The number of ketones is 1. The normalized spacial score (nSPS) is 14.0. The highest BCUT2D eigenvalue weighted by molar-refractivity contribution is 6.44. The molecule has 4 aromatic rings. The second kappa shape index (κ2) is 8.26. The molecule has 1 fully saturated rings. The van der Waals surface area contributed by atoms with Crippen molar-refractivity contribution < 1.29 is 9.59 Å². The van der Waals surface area contributed by atoms with Crippen molar-refractivity contribution in [1.82, 2.24) is 20.1 Å². The number of Topliss-reactive ketones (excluding diaryl/α,β-unsaturated/α-hetero) is 1. The van der Waals surface area contributed by atoms with E-state index in [1.807, 2.05) is 54.6 Å². The fourth-order valence-electron chi connectivity index (χ4n) is 4.15. The molecular formula is C25H23N5O2. The SMILES string of the molecule is Cc1ccccc1-c1ccc(N2CCN(C(=O)C(=O)c3c[nH]c4ccccc34)CC2)nn1. The molecule has 1 saturated heterocycles. The Morgan fingerprint density at radius 1 is 0.875 bits per heavy atom. The van der Waals surface area contributed by atoms with Gasteiger partial charge in [-0.15, -0.1) is 10.2 Å². The third-order valence-electron chi connectivity index (χ3n) is 5.99. The Morgan fingerprint density at radius 2 is 1.62 bits per heavy atom. The first kappa shape index (κ1) is 19.9. The van der Waals surface area contributed by atoms with Crippen molar-refractivity contribution in [2.24, 2.45) is 0 Å². The van der Waals surface area contributed by atoms with Gasteiger partial charge in [-0.05, 0) is 30.7 Å². The summed E-state index contributed by atoms with van der Waals surface area (Å²) in [5.74, 6) is -0.161. The number of fused-ring (bicyclic) bond motifs is 1. The number of amides is 1. The lowest BCUT2D eigenvalue weighted by atomic mass is 10.1. The van der Waals surface area contributed by atoms with Gasteiger partial charge < -0.3 is 14.8 Å². The van der Waals surface area contributed by atoms with Gasteiger partial charge in [-0.2, -0.15) is 0 Å². The van der Waals surface area contributed by atoms with Crippen LogP contribution in [0.5, 0.6) is 0 Å². The van der Waals surface area contributed by atoms with Crippen LogP contribution in [0.25, 0.3) is 22.2 Å². The van der Waals surface area contributed by atoms with E-state index >= 15 is 0 Å². The van der Waals surface area contributed by atoms with Crippen LogP contribution in [0.15, 0.2) is 66.9 Å². The van der Waals surface area contributed by atoms with Gasteiger partial charge in [-0.25, -0.2) is 0 Å². The van der Waals surface area contributed by atoms with Crippen molar-refractivity contribution in [2.45, 2.75) is 6.92 Å². The molecule has 0 bridgehead atoms. The fourth-order valence-corrected chi connectivity index (χ4v) is 4.15. The zero-order valence-electron chi connectivity index (χ0n) is 17.8. The summed E-state index contributed by atoms with van der Waals surface area (Å²) in [7, 11) is 0. The van der Waals surface area contributed by atoms with E-state index in [1.165, 1.54) is 0 Å². The van der Waals surface area contributed by atoms with Crippen LogP contribution in [0.4, 0.5) is 5.82 Å². The summed E-state index contributed by atoms with van der Waals surface area (Å²) in [6, 6.07) is 19.5. The molecule has 5 rings (SSSR count). The predicted molar refractivity (Wildman–Crippen MR) is 124 cm³/mol. The van der Waals surface area contributed by atoms with Gasteiger partial charge in [0.2, 0.25) is 0 Å². The minimum absolute atomic E-state index is 0.422. The summed E-state index contributed by atoms with van der Waals surface area (Å²) in [5, 5.41) is 9.57. The Kier molecular flexibility index (Phi) is 5.15. The van der Waals surface area contributed by atoms with Gasteiger partial charge in [0.05, 0.1) is 11.3 Å². The summed E-state index contributed by atoms with van der Waals surface area (Å²) in [6.07, 6.45) is 1.62. The average Bonchev–Trinajstić information content (AvgIpc) is 3.28. The number of hydrogen-bond donors (Lipinski definition) is 1. The number of piperazine rings is 1. The summed E-state index contributed by atoms with van der Waals surface area (Å²) in [6.45, 7) is 4.19. The number of benzene rings is 2. The number of hydrogen-bond acceptors (Lipinski definition) is 5. The molecule has 32 heavy (non-hydrogen) atoms. The first-order chi connectivity index (χ1) is 15.6. The van der Waals surface area contributed by atoms with E-state index in [4.69, 9.17) is 0 Å². The summed E-state index contributed by atoms with van der Waals surface area (Å²) in [4.78, 5) is 32.4. The van der Waals surface area contributed by atoms with Crippen molar-refractivity contribution in [3.63, 3.8) is 0 Å². The van der Waals surface area contributed by atoms with E-state index < -0.39 is 11.7 Å².